The highest BCUT2D eigenvalue weighted by atomic mass is 19.1. The SMILES string of the molecule is Cc1ccc(C(NN)c2cnccc2C)c(F)c1. The third kappa shape index (κ3) is 2.39. The predicted molar refractivity (Wildman–Crippen MR) is 69.3 cm³/mol. The summed E-state index contributed by atoms with van der Waals surface area (Å²) in [6.45, 7) is 3.81. The minimum Gasteiger partial charge on any atom is -0.271 e. The number of hydrogen-bond acceptors (Lipinski definition) is 3. The van der Waals surface area contributed by atoms with Crippen LogP contribution in [0.25, 0.3) is 0 Å². The van der Waals surface area contributed by atoms with Crippen molar-refractivity contribution >= 4 is 0 Å². The molecule has 1 aromatic carbocycles. The molecule has 3 nitrogen and oxygen atoms in total. The van der Waals surface area contributed by atoms with Crippen LogP contribution in [0, 0.1) is 19.7 Å². The largest absolute Gasteiger partial charge is 0.271 e. The highest BCUT2D eigenvalue weighted by molar-refractivity contribution is 5.36. The van der Waals surface area contributed by atoms with E-state index in [-0.39, 0.29) is 11.9 Å². The number of hydrazine groups is 1. The number of aromatic nitrogens is 1. The average Bonchev–Trinajstić information content (AvgIpc) is 2.34. The smallest absolute Gasteiger partial charge is 0.128 e. The van der Waals surface area contributed by atoms with Crippen molar-refractivity contribution in [3.8, 4) is 0 Å². The van der Waals surface area contributed by atoms with Gasteiger partial charge < -0.3 is 0 Å². The van der Waals surface area contributed by atoms with Crippen molar-refractivity contribution in [3.05, 3.63) is 64.7 Å². The van der Waals surface area contributed by atoms with E-state index in [1.54, 1.807) is 18.5 Å². The Labute approximate surface area is 106 Å². The molecule has 1 unspecified atom stereocenters. The highest BCUT2D eigenvalue weighted by Crippen LogP contribution is 2.26. The molecule has 0 spiro atoms. The van der Waals surface area contributed by atoms with E-state index in [1.807, 2.05) is 26.0 Å². The van der Waals surface area contributed by atoms with Crippen molar-refractivity contribution in [3.63, 3.8) is 0 Å². The summed E-state index contributed by atoms with van der Waals surface area (Å²) in [4.78, 5) is 4.07. The van der Waals surface area contributed by atoms with Crippen molar-refractivity contribution in [1.82, 2.24) is 10.4 Å². The van der Waals surface area contributed by atoms with E-state index in [0.29, 0.717) is 5.56 Å². The van der Waals surface area contributed by atoms with E-state index in [1.165, 1.54) is 6.07 Å². The van der Waals surface area contributed by atoms with Crippen LogP contribution in [0.4, 0.5) is 4.39 Å². The van der Waals surface area contributed by atoms with E-state index in [4.69, 9.17) is 5.84 Å². The van der Waals surface area contributed by atoms with Crippen LogP contribution in [0.5, 0.6) is 0 Å². The van der Waals surface area contributed by atoms with Crippen LogP contribution < -0.4 is 11.3 Å². The minimum absolute atomic E-state index is 0.263. The van der Waals surface area contributed by atoms with E-state index in [2.05, 4.69) is 10.4 Å². The van der Waals surface area contributed by atoms with Crippen LogP contribution in [0.15, 0.2) is 36.7 Å². The van der Waals surface area contributed by atoms with Crippen LogP contribution in [-0.2, 0) is 0 Å². The summed E-state index contributed by atoms with van der Waals surface area (Å²) in [5, 5.41) is 0. The topological polar surface area (TPSA) is 50.9 Å². The van der Waals surface area contributed by atoms with Crippen LogP contribution >= 0.6 is 0 Å². The molecule has 0 aliphatic carbocycles. The lowest BCUT2D eigenvalue weighted by Gasteiger charge is -2.19. The Morgan fingerprint density at radius 1 is 1.22 bits per heavy atom. The molecule has 0 radical (unpaired) electrons. The molecule has 94 valence electrons. The number of halogens is 1. The number of nitrogens with two attached hydrogens (primary N) is 1. The van der Waals surface area contributed by atoms with Gasteiger partial charge in [-0.2, -0.15) is 0 Å². The van der Waals surface area contributed by atoms with Gasteiger partial charge in [-0.15, -0.1) is 0 Å². The third-order valence-corrected chi connectivity index (χ3v) is 3.02. The summed E-state index contributed by atoms with van der Waals surface area (Å²) in [5.74, 6) is 5.31. The Morgan fingerprint density at radius 2 is 2.00 bits per heavy atom. The summed E-state index contributed by atoms with van der Waals surface area (Å²) in [6, 6.07) is 6.62. The zero-order valence-electron chi connectivity index (χ0n) is 10.4. The first-order chi connectivity index (χ1) is 8.63. The Kier molecular flexibility index (Phi) is 3.69. The van der Waals surface area contributed by atoms with Gasteiger partial charge in [0.25, 0.3) is 0 Å². The van der Waals surface area contributed by atoms with Crippen molar-refractivity contribution < 1.29 is 4.39 Å². The van der Waals surface area contributed by atoms with Gasteiger partial charge in [-0.25, -0.2) is 9.82 Å². The zero-order chi connectivity index (χ0) is 13.1. The predicted octanol–water partition coefficient (Wildman–Crippen LogP) is 2.39. The number of aryl methyl sites for hydroxylation is 2. The minimum atomic E-state index is -0.390. The second-order valence-electron chi connectivity index (χ2n) is 4.36. The molecule has 1 atom stereocenters. The van der Waals surface area contributed by atoms with E-state index in [9.17, 15) is 4.39 Å². The number of pyridine rings is 1. The first kappa shape index (κ1) is 12.7. The highest BCUT2D eigenvalue weighted by Gasteiger charge is 2.18. The van der Waals surface area contributed by atoms with Crippen LogP contribution in [0.3, 0.4) is 0 Å². The van der Waals surface area contributed by atoms with Gasteiger partial charge in [-0.05, 0) is 42.7 Å². The first-order valence-corrected chi connectivity index (χ1v) is 5.76. The molecule has 0 amide bonds. The summed E-state index contributed by atoms with van der Waals surface area (Å²) in [7, 11) is 0. The van der Waals surface area contributed by atoms with Gasteiger partial charge in [-0.3, -0.25) is 10.8 Å². The Balaban J connectivity index is 2.49. The lowest BCUT2D eigenvalue weighted by molar-refractivity contribution is 0.557. The van der Waals surface area contributed by atoms with E-state index >= 15 is 0 Å². The Hall–Kier alpha value is -1.78. The maximum absolute atomic E-state index is 14.0. The summed E-state index contributed by atoms with van der Waals surface area (Å²) < 4.78 is 14.0. The molecular formula is C14H16FN3. The number of hydrogen-bond donors (Lipinski definition) is 2. The number of benzene rings is 1. The van der Waals surface area contributed by atoms with Gasteiger partial charge in [0.05, 0.1) is 6.04 Å². The molecule has 0 fully saturated rings. The zero-order valence-corrected chi connectivity index (χ0v) is 10.4. The first-order valence-electron chi connectivity index (χ1n) is 5.76. The molecule has 3 N–H and O–H groups in total. The molecule has 18 heavy (non-hydrogen) atoms. The molecule has 0 saturated carbocycles. The van der Waals surface area contributed by atoms with Gasteiger partial charge in [0.1, 0.15) is 5.82 Å². The van der Waals surface area contributed by atoms with Gasteiger partial charge in [0.2, 0.25) is 0 Å². The lowest BCUT2D eigenvalue weighted by atomic mass is 9.96. The van der Waals surface area contributed by atoms with Crippen LogP contribution in [0.1, 0.15) is 28.3 Å². The molecule has 4 heteroatoms. The van der Waals surface area contributed by atoms with Gasteiger partial charge in [0, 0.05) is 18.0 Å². The Bertz CT molecular complexity index is 554. The molecule has 1 aromatic heterocycles. The van der Waals surface area contributed by atoms with Gasteiger partial charge in [0.15, 0.2) is 0 Å². The van der Waals surface area contributed by atoms with Gasteiger partial charge in [-0.1, -0.05) is 12.1 Å². The molecule has 2 rings (SSSR count). The quantitative estimate of drug-likeness (QED) is 0.645. The van der Waals surface area contributed by atoms with Crippen LogP contribution in [-0.4, -0.2) is 4.98 Å². The van der Waals surface area contributed by atoms with E-state index < -0.39 is 0 Å². The average molecular weight is 245 g/mol. The monoisotopic (exact) mass is 245 g/mol. The Morgan fingerprint density at radius 3 is 2.61 bits per heavy atom. The number of rotatable bonds is 3. The molecule has 0 aliphatic rings. The fraction of sp³-hybridized carbons (Fsp3) is 0.214. The van der Waals surface area contributed by atoms with Crippen LogP contribution in [0.2, 0.25) is 0 Å². The fourth-order valence-corrected chi connectivity index (χ4v) is 1.99. The third-order valence-electron chi connectivity index (χ3n) is 3.02. The normalized spacial score (nSPS) is 12.4. The fourth-order valence-electron chi connectivity index (χ4n) is 1.99. The maximum atomic E-state index is 14.0. The maximum Gasteiger partial charge on any atom is 0.128 e. The van der Waals surface area contributed by atoms with Crippen molar-refractivity contribution in [1.29, 1.82) is 0 Å². The summed E-state index contributed by atoms with van der Waals surface area (Å²) >= 11 is 0. The second-order valence-corrected chi connectivity index (χ2v) is 4.36. The summed E-state index contributed by atoms with van der Waals surface area (Å²) in [6.07, 6.45) is 3.41. The number of nitrogens with one attached hydrogen (secondary N) is 1. The molecule has 0 aliphatic heterocycles. The molecule has 0 bridgehead atoms. The molecule has 2 aromatic rings. The van der Waals surface area contributed by atoms with Crippen molar-refractivity contribution in [2.24, 2.45) is 5.84 Å². The summed E-state index contributed by atoms with van der Waals surface area (Å²) in [5.41, 5.74) is 5.97. The number of nitrogens with zero attached hydrogens (tertiary/aromatic N) is 1. The van der Waals surface area contributed by atoms with E-state index in [0.717, 1.165) is 16.7 Å². The van der Waals surface area contributed by atoms with Crippen molar-refractivity contribution in [2.75, 3.05) is 0 Å². The molecule has 1 heterocycles. The molecule has 0 saturated heterocycles. The van der Waals surface area contributed by atoms with Crippen molar-refractivity contribution in [2.45, 2.75) is 19.9 Å². The van der Waals surface area contributed by atoms with Gasteiger partial charge >= 0.3 is 0 Å². The standard InChI is InChI=1S/C14H16FN3/c1-9-3-4-11(13(15)7-9)14(18-16)12-8-17-6-5-10(12)2/h3-8,14,18H,16H2,1-2H3. The molecular weight excluding hydrogens is 229 g/mol. The lowest BCUT2D eigenvalue weighted by Crippen LogP contribution is -2.30. The second kappa shape index (κ2) is 5.25.